The Balaban J connectivity index is 2.09. The fourth-order valence-corrected chi connectivity index (χ4v) is 2.43. The van der Waals surface area contributed by atoms with Gasteiger partial charge in [0, 0.05) is 31.5 Å². The molecule has 0 unspecified atom stereocenters. The summed E-state index contributed by atoms with van der Waals surface area (Å²) in [5, 5.41) is 0. The lowest BCUT2D eigenvalue weighted by atomic mass is 10.0. The minimum Gasteiger partial charge on any atom is -0.338 e. The second kappa shape index (κ2) is 6.20. The third kappa shape index (κ3) is 3.57. The van der Waals surface area contributed by atoms with E-state index in [-0.39, 0.29) is 31.8 Å². The van der Waals surface area contributed by atoms with Crippen molar-refractivity contribution in [3.8, 4) is 0 Å². The van der Waals surface area contributed by atoms with Crippen LogP contribution in [0.4, 0.5) is 8.78 Å². The molecular weight excluding hydrogens is 272 g/mol. The molecule has 1 aromatic rings. The van der Waals surface area contributed by atoms with Gasteiger partial charge in [0.25, 0.3) is 11.8 Å². The molecule has 0 aromatic heterocycles. The van der Waals surface area contributed by atoms with Crippen LogP contribution >= 0.6 is 0 Å². The molecule has 112 valence electrons. The summed E-state index contributed by atoms with van der Waals surface area (Å²) in [6.45, 7) is 5.88. The predicted molar refractivity (Wildman–Crippen MR) is 80.4 cm³/mol. The van der Waals surface area contributed by atoms with E-state index in [4.69, 9.17) is 0 Å². The van der Waals surface area contributed by atoms with Crippen LogP contribution in [-0.4, -0.2) is 29.8 Å². The lowest BCUT2D eigenvalue weighted by molar-refractivity contribution is -0.0494. The molecule has 2 rings (SSSR count). The molecule has 2 nitrogen and oxygen atoms in total. The van der Waals surface area contributed by atoms with E-state index < -0.39 is 5.92 Å². The second-order valence-corrected chi connectivity index (χ2v) is 5.17. The second-order valence-electron chi connectivity index (χ2n) is 5.17. The van der Waals surface area contributed by atoms with Crippen LogP contribution < -0.4 is 0 Å². The van der Waals surface area contributed by atoms with Crippen molar-refractivity contribution in [2.45, 2.75) is 25.7 Å². The number of allylic oxidation sites excluding steroid dienone is 3. The summed E-state index contributed by atoms with van der Waals surface area (Å²) in [7, 11) is 0. The summed E-state index contributed by atoms with van der Waals surface area (Å²) in [5.74, 6) is -2.82. The van der Waals surface area contributed by atoms with E-state index in [1.165, 1.54) is 4.90 Å². The highest BCUT2D eigenvalue weighted by Gasteiger charge is 2.35. The lowest BCUT2D eigenvalue weighted by Gasteiger charge is -2.31. The van der Waals surface area contributed by atoms with Crippen molar-refractivity contribution >= 4 is 11.5 Å². The van der Waals surface area contributed by atoms with Crippen molar-refractivity contribution in [3.05, 3.63) is 54.1 Å². The number of carbonyl (C=O) groups is 1. The van der Waals surface area contributed by atoms with E-state index in [1.54, 1.807) is 18.2 Å². The van der Waals surface area contributed by atoms with Gasteiger partial charge in [-0.2, -0.15) is 0 Å². The topological polar surface area (TPSA) is 20.3 Å². The number of benzene rings is 1. The molecule has 21 heavy (non-hydrogen) atoms. The van der Waals surface area contributed by atoms with Crippen LogP contribution in [0.15, 0.2) is 43.0 Å². The summed E-state index contributed by atoms with van der Waals surface area (Å²) in [5.41, 5.74) is 2.50. The molecule has 4 heteroatoms. The maximum absolute atomic E-state index is 13.1. The van der Waals surface area contributed by atoms with Crippen LogP contribution in [0.5, 0.6) is 0 Å². The maximum Gasteiger partial charge on any atom is 0.253 e. The molecule has 0 bridgehead atoms. The van der Waals surface area contributed by atoms with Crippen molar-refractivity contribution in [3.63, 3.8) is 0 Å². The molecule has 0 saturated carbocycles. The Bertz CT molecular complexity index is 551. The zero-order valence-corrected chi connectivity index (χ0v) is 12.1. The average molecular weight is 291 g/mol. The first-order chi connectivity index (χ1) is 9.96. The maximum atomic E-state index is 13.1. The van der Waals surface area contributed by atoms with Gasteiger partial charge in [-0.1, -0.05) is 30.9 Å². The molecule has 1 aliphatic heterocycles. The number of nitrogens with zero attached hydrogens (tertiary/aromatic N) is 1. The van der Waals surface area contributed by atoms with E-state index in [0.717, 1.165) is 11.1 Å². The van der Waals surface area contributed by atoms with Gasteiger partial charge >= 0.3 is 0 Å². The molecule has 1 aromatic carbocycles. The number of likely N-dealkylation sites (tertiary alicyclic amines) is 1. The highest BCUT2D eigenvalue weighted by atomic mass is 19.3. The summed E-state index contributed by atoms with van der Waals surface area (Å²) in [6.07, 6.45) is 3.19. The van der Waals surface area contributed by atoms with Gasteiger partial charge in [-0.25, -0.2) is 8.78 Å². The molecule has 1 amide bonds. The Kier molecular flexibility index (Phi) is 4.56. The van der Waals surface area contributed by atoms with Crippen LogP contribution in [0.1, 0.15) is 35.7 Å². The van der Waals surface area contributed by atoms with E-state index in [9.17, 15) is 13.6 Å². The summed E-state index contributed by atoms with van der Waals surface area (Å²) < 4.78 is 26.2. The standard InChI is InChI=1S/C17H19F2NO/c1-3-13(4-2)14-5-7-15(8-6-14)16(21)20-11-9-17(18,19)10-12-20/h3-8H,1,9-12H2,2H3. The zero-order valence-electron chi connectivity index (χ0n) is 12.1. The van der Waals surface area contributed by atoms with E-state index in [0.29, 0.717) is 5.56 Å². The van der Waals surface area contributed by atoms with Crippen LogP contribution in [0.3, 0.4) is 0 Å². The zero-order chi connectivity index (χ0) is 15.5. The number of rotatable bonds is 3. The Morgan fingerprint density at radius 1 is 1.19 bits per heavy atom. The van der Waals surface area contributed by atoms with Crippen molar-refractivity contribution in [2.75, 3.05) is 13.1 Å². The van der Waals surface area contributed by atoms with Gasteiger partial charge in [0.1, 0.15) is 0 Å². The van der Waals surface area contributed by atoms with Crippen molar-refractivity contribution < 1.29 is 13.6 Å². The number of hydrogen-bond acceptors (Lipinski definition) is 1. The molecule has 0 atom stereocenters. The molecule has 0 radical (unpaired) electrons. The molecule has 1 fully saturated rings. The number of carbonyl (C=O) groups excluding carboxylic acids is 1. The Labute approximate surface area is 123 Å². The minimum atomic E-state index is -2.63. The van der Waals surface area contributed by atoms with E-state index >= 15 is 0 Å². The molecule has 1 aliphatic rings. The summed E-state index contributed by atoms with van der Waals surface area (Å²) >= 11 is 0. The molecular formula is C17H19F2NO. The minimum absolute atomic E-state index is 0.111. The highest BCUT2D eigenvalue weighted by molar-refractivity contribution is 5.94. The number of piperidine rings is 1. The van der Waals surface area contributed by atoms with Crippen molar-refractivity contribution in [1.29, 1.82) is 0 Å². The van der Waals surface area contributed by atoms with Crippen molar-refractivity contribution in [1.82, 2.24) is 4.90 Å². The molecule has 0 spiro atoms. The van der Waals surface area contributed by atoms with Crippen LogP contribution in [0.2, 0.25) is 0 Å². The fourth-order valence-electron chi connectivity index (χ4n) is 2.43. The number of amides is 1. The molecule has 1 saturated heterocycles. The van der Waals surface area contributed by atoms with Gasteiger partial charge < -0.3 is 4.90 Å². The molecule has 0 aliphatic carbocycles. The summed E-state index contributed by atoms with van der Waals surface area (Å²) in [4.78, 5) is 13.8. The van der Waals surface area contributed by atoms with Gasteiger partial charge in [-0.3, -0.25) is 4.79 Å². The first-order valence-corrected chi connectivity index (χ1v) is 7.03. The number of hydrogen-bond donors (Lipinski definition) is 0. The molecule has 0 N–H and O–H groups in total. The third-order valence-electron chi connectivity index (χ3n) is 3.78. The van der Waals surface area contributed by atoms with Crippen LogP contribution in [-0.2, 0) is 0 Å². The number of alkyl halides is 2. The molecule has 1 heterocycles. The third-order valence-corrected chi connectivity index (χ3v) is 3.78. The number of halogens is 2. The highest BCUT2D eigenvalue weighted by Crippen LogP contribution is 2.28. The Morgan fingerprint density at radius 3 is 2.19 bits per heavy atom. The van der Waals surface area contributed by atoms with Gasteiger partial charge in [0.05, 0.1) is 0 Å². The Hall–Kier alpha value is -1.97. The quantitative estimate of drug-likeness (QED) is 0.766. The largest absolute Gasteiger partial charge is 0.338 e. The van der Waals surface area contributed by atoms with Gasteiger partial charge in [0.2, 0.25) is 0 Å². The monoisotopic (exact) mass is 291 g/mol. The Morgan fingerprint density at radius 2 is 1.71 bits per heavy atom. The first-order valence-electron chi connectivity index (χ1n) is 7.03. The van der Waals surface area contributed by atoms with Crippen LogP contribution in [0.25, 0.3) is 5.57 Å². The van der Waals surface area contributed by atoms with Gasteiger partial charge in [-0.15, -0.1) is 0 Å². The van der Waals surface area contributed by atoms with E-state index in [2.05, 4.69) is 6.58 Å². The first kappa shape index (κ1) is 15.4. The smallest absolute Gasteiger partial charge is 0.253 e. The van der Waals surface area contributed by atoms with E-state index in [1.807, 2.05) is 25.1 Å². The summed E-state index contributed by atoms with van der Waals surface area (Å²) in [6, 6.07) is 7.17. The predicted octanol–water partition coefficient (Wildman–Crippen LogP) is 4.15. The lowest BCUT2D eigenvalue weighted by Crippen LogP contribution is -2.42. The fraction of sp³-hybridized carbons (Fsp3) is 0.353. The van der Waals surface area contributed by atoms with Crippen LogP contribution in [0, 0.1) is 0 Å². The van der Waals surface area contributed by atoms with Crippen molar-refractivity contribution in [2.24, 2.45) is 0 Å². The van der Waals surface area contributed by atoms with Gasteiger partial charge in [0.15, 0.2) is 0 Å². The average Bonchev–Trinajstić information content (AvgIpc) is 2.48. The SMILES string of the molecule is C=CC(=CC)c1ccc(C(=O)N2CCC(F)(F)CC2)cc1. The normalized spacial score (nSPS) is 18.4. The van der Waals surface area contributed by atoms with Gasteiger partial charge in [-0.05, 0) is 30.2 Å².